The van der Waals surface area contributed by atoms with Gasteiger partial charge in [-0.3, -0.25) is 9.59 Å². The Morgan fingerprint density at radius 2 is 0.923 bits per heavy atom. The van der Waals surface area contributed by atoms with Crippen LogP contribution in [0.25, 0.3) is 0 Å². The quantitative estimate of drug-likeness (QED) is 0.543. The van der Waals surface area contributed by atoms with Gasteiger partial charge < -0.3 is 11.5 Å². The first kappa shape index (κ1) is 18.9. The van der Waals surface area contributed by atoms with E-state index in [1.54, 1.807) is 48.5 Å². The highest BCUT2D eigenvalue weighted by atomic mass is 16.1. The van der Waals surface area contributed by atoms with Crippen molar-refractivity contribution in [2.24, 2.45) is 0 Å². The van der Waals surface area contributed by atoms with Crippen LogP contribution in [-0.4, -0.2) is 11.6 Å². The lowest BCUT2D eigenvalue weighted by molar-refractivity contribution is 0.102. The molecule has 0 aliphatic heterocycles. The minimum atomic E-state index is -0.224. The summed E-state index contributed by atoms with van der Waals surface area (Å²) in [5.41, 5.74) is 14.1. The zero-order chi connectivity index (χ0) is 19.1. The van der Waals surface area contributed by atoms with Crippen LogP contribution >= 0.6 is 0 Å². The highest BCUT2D eigenvalue weighted by molar-refractivity contribution is 6.16. The maximum Gasteiger partial charge on any atom is 0.195 e. The topological polar surface area (TPSA) is 86.2 Å². The summed E-state index contributed by atoms with van der Waals surface area (Å²) in [6.45, 7) is 4.00. The number of hydrogen-bond acceptors (Lipinski definition) is 4. The summed E-state index contributed by atoms with van der Waals surface area (Å²) < 4.78 is 0. The molecule has 26 heavy (non-hydrogen) atoms. The number of nitrogens with two attached hydrogens (primary N) is 2. The molecule has 0 atom stereocenters. The second-order valence-electron chi connectivity index (χ2n) is 5.42. The number of nitrogen functional groups attached to an aromatic ring is 2. The van der Waals surface area contributed by atoms with Gasteiger partial charge in [0.2, 0.25) is 0 Å². The van der Waals surface area contributed by atoms with Crippen LogP contribution in [0.5, 0.6) is 0 Å². The molecule has 132 valence electrons. The SMILES string of the molecule is CC.Nc1cc(C(=O)c2ccccc2)c(N)cc1C(=O)c1ccccc1. The van der Waals surface area contributed by atoms with Gasteiger partial charge in [0.1, 0.15) is 0 Å². The van der Waals surface area contributed by atoms with Crippen LogP contribution in [0.15, 0.2) is 72.8 Å². The molecule has 4 heteroatoms. The Balaban J connectivity index is 0.00000117. The molecule has 0 saturated carbocycles. The summed E-state index contributed by atoms with van der Waals surface area (Å²) in [6.07, 6.45) is 0. The predicted molar refractivity (Wildman–Crippen MR) is 106 cm³/mol. The molecule has 3 aromatic rings. The number of hydrogen-bond donors (Lipinski definition) is 2. The van der Waals surface area contributed by atoms with Crippen molar-refractivity contribution in [3.63, 3.8) is 0 Å². The Kier molecular flexibility index (Phi) is 6.28. The molecule has 3 rings (SSSR count). The molecule has 0 aromatic heterocycles. The highest BCUT2D eigenvalue weighted by Gasteiger charge is 2.18. The van der Waals surface area contributed by atoms with Crippen LogP contribution < -0.4 is 11.5 Å². The summed E-state index contributed by atoms with van der Waals surface area (Å²) in [7, 11) is 0. The number of ketones is 2. The van der Waals surface area contributed by atoms with Gasteiger partial charge >= 0.3 is 0 Å². The largest absolute Gasteiger partial charge is 0.398 e. The summed E-state index contributed by atoms with van der Waals surface area (Å²) in [6, 6.07) is 20.6. The third-order valence-electron chi connectivity index (χ3n) is 3.78. The zero-order valence-electron chi connectivity index (χ0n) is 14.9. The number of carbonyl (C=O) groups excluding carboxylic acids is 2. The third-order valence-corrected chi connectivity index (χ3v) is 3.78. The van der Waals surface area contributed by atoms with Crippen molar-refractivity contribution in [1.82, 2.24) is 0 Å². The standard InChI is InChI=1S/C20H16N2O2.C2H6/c21-17-12-16(20(24)14-9-5-2-6-10-14)18(22)11-15(17)19(23)13-7-3-1-4-8-13;1-2/h1-12H,21-22H2;1-2H3. The lowest BCUT2D eigenvalue weighted by Gasteiger charge is -2.11. The van der Waals surface area contributed by atoms with E-state index in [9.17, 15) is 9.59 Å². The second kappa shape index (κ2) is 8.62. The van der Waals surface area contributed by atoms with Gasteiger partial charge in [0.25, 0.3) is 0 Å². The average molecular weight is 346 g/mol. The van der Waals surface area contributed by atoms with Crippen LogP contribution in [-0.2, 0) is 0 Å². The van der Waals surface area contributed by atoms with E-state index in [0.29, 0.717) is 22.3 Å². The van der Waals surface area contributed by atoms with Crippen molar-refractivity contribution >= 4 is 22.9 Å². The van der Waals surface area contributed by atoms with Gasteiger partial charge in [0, 0.05) is 33.6 Å². The molecule has 0 radical (unpaired) electrons. The van der Waals surface area contributed by atoms with E-state index in [2.05, 4.69) is 0 Å². The van der Waals surface area contributed by atoms with Crippen molar-refractivity contribution < 1.29 is 9.59 Å². The molecule has 0 spiro atoms. The second-order valence-corrected chi connectivity index (χ2v) is 5.42. The van der Waals surface area contributed by atoms with E-state index >= 15 is 0 Å². The zero-order valence-corrected chi connectivity index (χ0v) is 14.9. The van der Waals surface area contributed by atoms with Gasteiger partial charge in [-0.05, 0) is 12.1 Å². The van der Waals surface area contributed by atoms with Gasteiger partial charge in [0.15, 0.2) is 11.6 Å². The first-order valence-electron chi connectivity index (χ1n) is 8.46. The van der Waals surface area contributed by atoms with Crippen molar-refractivity contribution in [3.05, 3.63) is 95.1 Å². The molecule has 4 N–H and O–H groups in total. The molecular formula is C22H22N2O2. The van der Waals surface area contributed by atoms with Crippen LogP contribution in [0.3, 0.4) is 0 Å². The molecule has 0 amide bonds. The van der Waals surface area contributed by atoms with Crippen molar-refractivity contribution in [2.45, 2.75) is 13.8 Å². The van der Waals surface area contributed by atoms with Gasteiger partial charge in [-0.25, -0.2) is 0 Å². The van der Waals surface area contributed by atoms with Gasteiger partial charge in [-0.1, -0.05) is 74.5 Å². The summed E-state index contributed by atoms with van der Waals surface area (Å²) in [5.74, 6) is -0.447. The van der Waals surface area contributed by atoms with Crippen molar-refractivity contribution in [3.8, 4) is 0 Å². The van der Waals surface area contributed by atoms with Gasteiger partial charge in [0.05, 0.1) is 0 Å². The maximum absolute atomic E-state index is 12.6. The lowest BCUT2D eigenvalue weighted by Crippen LogP contribution is -2.11. The van der Waals surface area contributed by atoms with Crippen molar-refractivity contribution in [1.29, 1.82) is 0 Å². The Labute approximate surface area is 153 Å². The Hall–Kier alpha value is -3.40. The molecule has 0 bridgehead atoms. The number of benzene rings is 3. The summed E-state index contributed by atoms with van der Waals surface area (Å²) in [4.78, 5) is 25.1. The predicted octanol–water partition coefficient (Wildman–Crippen LogP) is 4.34. The first-order chi connectivity index (χ1) is 12.6. The van der Waals surface area contributed by atoms with Gasteiger partial charge in [-0.15, -0.1) is 0 Å². The summed E-state index contributed by atoms with van der Waals surface area (Å²) in [5, 5.41) is 0. The van der Waals surface area contributed by atoms with E-state index in [1.165, 1.54) is 12.1 Å². The fourth-order valence-corrected chi connectivity index (χ4v) is 2.52. The Morgan fingerprint density at radius 1 is 0.615 bits per heavy atom. The molecular weight excluding hydrogens is 324 g/mol. The van der Waals surface area contributed by atoms with Crippen LogP contribution in [0.2, 0.25) is 0 Å². The highest BCUT2D eigenvalue weighted by Crippen LogP contribution is 2.25. The van der Waals surface area contributed by atoms with Crippen LogP contribution in [0, 0.1) is 0 Å². The molecule has 0 unspecified atom stereocenters. The van der Waals surface area contributed by atoms with Crippen molar-refractivity contribution in [2.75, 3.05) is 11.5 Å². The van der Waals surface area contributed by atoms with Crippen LogP contribution in [0.4, 0.5) is 11.4 Å². The van der Waals surface area contributed by atoms with E-state index < -0.39 is 0 Å². The average Bonchev–Trinajstić information content (AvgIpc) is 2.71. The van der Waals surface area contributed by atoms with E-state index in [4.69, 9.17) is 11.5 Å². The van der Waals surface area contributed by atoms with E-state index in [-0.39, 0.29) is 22.9 Å². The van der Waals surface area contributed by atoms with Crippen LogP contribution in [0.1, 0.15) is 45.7 Å². The normalized spacial score (nSPS) is 9.77. The summed E-state index contributed by atoms with van der Waals surface area (Å²) >= 11 is 0. The molecule has 4 nitrogen and oxygen atoms in total. The number of anilines is 2. The minimum Gasteiger partial charge on any atom is -0.398 e. The minimum absolute atomic E-state index is 0.224. The van der Waals surface area contributed by atoms with E-state index in [0.717, 1.165) is 0 Å². The lowest BCUT2D eigenvalue weighted by atomic mass is 9.95. The van der Waals surface area contributed by atoms with E-state index in [1.807, 2.05) is 26.0 Å². The Bertz CT molecular complexity index is 827. The fourth-order valence-electron chi connectivity index (χ4n) is 2.52. The first-order valence-corrected chi connectivity index (χ1v) is 8.46. The Morgan fingerprint density at radius 3 is 1.23 bits per heavy atom. The molecule has 0 aliphatic rings. The molecule has 0 aliphatic carbocycles. The third kappa shape index (κ3) is 3.98. The maximum atomic E-state index is 12.6. The smallest absolute Gasteiger partial charge is 0.195 e. The van der Waals surface area contributed by atoms with Gasteiger partial charge in [-0.2, -0.15) is 0 Å². The molecule has 0 saturated heterocycles. The fraction of sp³-hybridized carbons (Fsp3) is 0.0909. The molecule has 0 fully saturated rings. The monoisotopic (exact) mass is 346 g/mol. The molecule has 0 heterocycles. The number of rotatable bonds is 4. The number of carbonyl (C=O) groups is 2. The molecule has 3 aromatic carbocycles.